The quantitative estimate of drug-likeness (QED) is 0.631. The summed E-state index contributed by atoms with van der Waals surface area (Å²) in [7, 11) is 0. The molecule has 1 atom stereocenters. The van der Waals surface area contributed by atoms with Crippen LogP contribution in [0.1, 0.15) is 49.4 Å². The van der Waals surface area contributed by atoms with E-state index in [2.05, 4.69) is 12.2 Å². The molecule has 1 aliphatic heterocycles. The van der Waals surface area contributed by atoms with Crippen molar-refractivity contribution in [1.82, 2.24) is 5.32 Å². The third-order valence-corrected chi connectivity index (χ3v) is 3.53. The van der Waals surface area contributed by atoms with Crippen molar-refractivity contribution in [1.29, 1.82) is 0 Å². The van der Waals surface area contributed by atoms with Gasteiger partial charge in [0.25, 0.3) is 0 Å². The number of carbonyl (C=O) groups is 1. The summed E-state index contributed by atoms with van der Waals surface area (Å²) in [6.45, 7) is 3.84. The van der Waals surface area contributed by atoms with Crippen molar-refractivity contribution in [2.24, 2.45) is 0 Å². The van der Waals surface area contributed by atoms with E-state index in [1.807, 2.05) is 24.3 Å². The van der Waals surface area contributed by atoms with E-state index in [0.29, 0.717) is 0 Å². The molecule has 1 aliphatic rings. The van der Waals surface area contributed by atoms with E-state index in [-0.39, 0.29) is 11.8 Å². The fourth-order valence-corrected chi connectivity index (χ4v) is 2.33. The SMILES string of the molecule is CCCCOc1ccc(C(=O)C2CCCCN2)cc1. The van der Waals surface area contributed by atoms with Gasteiger partial charge in [0.05, 0.1) is 12.6 Å². The molecule has 0 radical (unpaired) electrons. The minimum Gasteiger partial charge on any atom is -0.494 e. The zero-order valence-electron chi connectivity index (χ0n) is 11.7. The number of benzene rings is 1. The van der Waals surface area contributed by atoms with Crippen molar-refractivity contribution in [3.05, 3.63) is 29.8 Å². The van der Waals surface area contributed by atoms with Crippen LogP contribution in [0.15, 0.2) is 24.3 Å². The topological polar surface area (TPSA) is 38.3 Å². The van der Waals surface area contributed by atoms with Gasteiger partial charge in [-0.3, -0.25) is 4.79 Å². The number of unbranched alkanes of at least 4 members (excludes halogenated alkanes) is 1. The van der Waals surface area contributed by atoms with Gasteiger partial charge in [0.2, 0.25) is 0 Å². The summed E-state index contributed by atoms with van der Waals surface area (Å²) < 4.78 is 5.60. The van der Waals surface area contributed by atoms with Crippen molar-refractivity contribution in [3.8, 4) is 5.75 Å². The summed E-state index contributed by atoms with van der Waals surface area (Å²) in [6, 6.07) is 7.54. The Labute approximate surface area is 115 Å². The first-order chi connectivity index (χ1) is 9.31. The standard InChI is InChI=1S/C16H23NO2/c1-2-3-12-19-14-9-7-13(8-10-14)16(18)15-6-4-5-11-17-15/h7-10,15,17H,2-6,11-12H2,1H3. The zero-order valence-corrected chi connectivity index (χ0v) is 11.7. The average Bonchev–Trinajstić information content (AvgIpc) is 2.48. The van der Waals surface area contributed by atoms with Gasteiger partial charge in [-0.25, -0.2) is 0 Å². The fourth-order valence-electron chi connectivity index (χ4n) is 2.33. The first kappa shape index (κ1) is 14.1. The number of carbonyl (C=O) groups excluding carboxylic acids is 1. The van der Waals surface area contributed by atoms with E-state index in [1.54, 1.807) is 0 Å². The highest BCUT2D eigenvalue weighted by Gasteiger charge is 2.21. The Kier molecular flexibility index (Phi) is 5.40. The van der Waals surface area contributed by atoms with Gasteiger partial charge < -0.3 is 10.1 Å². The van der Waals surface area contributed by atoms with Gasteiger partial charge in [0.15, 0.2) is 5.78 Å². The van der Waals surface area contributed by atoms with Crippen molar-refractivity contribution >= 4 is 5.78 Å². The second kappa shape index (κ2) is 7.29. The molecule has 1 heterocycles. The largest absolute Gasteiger partial charge is 0.494 e. The summed E-state index contributed by atoms with van der Waals surface area (Å²) in [4.78, 5) is 12.3. The predicted molar refractivity (Wildman–Crippen MR) is 76.8 cm³/mol. The lowest BCUT2D eigenvalue weighted by Crippen LogP contribution is -2.40. The monoisotopic (exact) mass is 261 g/mol. The maximum Gasteiger partial charge on any atom is 0.179 e. The molecule has 3 nitrogen and oxygen atoms in total. The zero-order chi connectivity index (χ0) is 13.5. The van der Waals surface area contributed by atoms with Gasteiger partial charge in [0, 0.05) is 5.56 Å². The van der Waals surface area contributed by atoms with Gasteiger partial charge in [-0.1, -0.05) is 19.8 Å². The van der Waals surface area contributed by atoms with Crippen molar-refractivity contribution in [2.75, 3.05) is 13.2 Å². The summed E-state index contributed by atoms with van der Waals surface area (Å²) in [5, 5.41) is 3.29. The molecule has 1 fully saturated rings. The number of piperidine rings is 1. The molecule has 1 aromatic rings. The molecule has 0 spiro atoms. The molecule has 0 aliphatic carbocycles. The molecular weight excluding hydrogens is 238 g/mol. The summed E-state index contributed by atoms with van der Waals surface area (Å²) in [5.74, 6) is 1.06. The van der Waals surface area contributed by atoms with Crippen molar-refractivity contribution in [3.63, 3.8) is 0 Å². The van der Waals surface area contributed by atoms with Gasteiger partial charge >= 0.3 is 0 Å². The van der Waals surface area contributed by atoms with E-state index < -0.39 is 0 Å². The van der Waals surface area contributed by atoms with Gasteiger partial charge in [-0.2, -0.15) is 0 Å². The predicted octanol–water partition coefficient (Wildman–Crippen LogP) is 3.19. The fraction of sp³-hybridized carbons (Fsp3) is 0.562. The second-order valence-corrected chi connectivity index (χ2v) is 5.09. The molecule has 0 bridgehead atoms. The van der Waals surface area contributed by atoms with Crippen LogP contribution in [0.4, 0.5) is 0 Å². The van der Waals surface area contributed by atoms with Crippen LogP contribution in [-0.4, -0.2) is 25.0 Å². The lowest BCUT2D eigenvalue weighted by atomic mass is 9.96. The van der Waals surface area contributed by atoms with Gasteiger partial charge in [0.1, 0.15) is 5.75 Å². The molecule has 0 saturated carbocycles. The molecule has 19 heavy (non-hydrogen) atoms. The number of hydrogen-bond donors (Lipinski definition) is 1. The first-order valence-corrected chi connectivity index (χ1v) is 7.31. The van der Waals surface area contributed by atoms with E-state index in [1.165, 1.54) is 6.42 Å². The van der Waals surface area contributed by atoms with E-state index in [9.17, 15) is 4.79 Å². The Hall–Kier alpha value is -1.35. The van der Waals surface area contributed by atoms with Crippen LogP contribution in [0.5, 0.6) is 5.75 Å². The molecule has 0 aromatic heterocycles. The third-order valence-electron chi connectivity index (χ3n) is 3.53. The Bertz CT molecular complexity index is 394. The number of nitrogens with one attached hydrogen (secondary N) is 1. The normalized spacial score (nSPS) is 19.1. The van der Waals surface area contributed by atoms with Crippen LogP contribution in [0.2, 0.25) is 0 Å². The smallest absolute Gasteiger partial charge is 0.179 e. The van der Waals surface area contributed by atoms with E-state index >= 15 is 0 Å². The highest BCUT2D eigenvalue weighted by molar-refractivity contribution is 6.00. The molecule has 1 saturated heterocycles. The molecule has 3 heteroatoms. The van der Waals surface area contributed by atoms with Crippen LogP contribution >= 0.6 is 0 Å². The van der Waals surface area contributed by atoms with Crippen molar-refractivity contribution < 1.29 is 9.53 Å². The van der Waals surface area contributed by atoms with Gasteiger partial charge in [-0.05, 0) is 50.1 Å². The van der Waals surface area contributed by atoms with Crippen LogP contribution in [-0.2, 0) is 0 Å². The second-order valence-electron chi connectivity index (χ2n) is 5.09. The molecule has 1 N–H and O–H groups in total. The van der Waals surface area contributed by atoms with E-state index in [0.717, 1.165) is 50.1 Å². The third kappa shape index (κ3) is 4.06. The highest BCUT2D eigenvalue weighted by Crippen LogP contribution is 2.17. The minimum absolute atomic E-state index is 0.000565. The van der Waals surface area contributed by atoms with Crippen LogP contribution in [0.3, 0.4) is 0 Å². The van der Waals surface area contributed by atoms with Gasteiger partial charge in [-0.15, -0.1) is 0 Å². The maximum atomic E-state index is 12.3. The Morgan fingerprint density at radius 3 is 2.74 bits per heavy atom. The van der Waals surface area contributed by atoms with Crippen LogP contribution < -0.4 is 10.1 Å². The molecule has 1 aromatic carbocycles. The summed E-state index contributed by atoms with van der Waals surface area (Å²) in [6.07, 6.45) is 5.46. The first-order valence-electron chi connectivity index (χ1n) is 7.31. The summed E-state index contributed by atoms with van der Waals surface area (Å²) in [5.41, 5.74) is 0.780. The Morgan fingerprint density at radius 2 is 2.11 bits per heavy atom. The van der Waals surface area contributed by atoms with Crippen LogP contribution in [0, 0.1) is 0 Å². The Balaban J connectivity index is 1.91. The van der Waals surface area contributed by atoms with Crippen LogP contribution in [0.25, 0.3) is 0 Å². The Morgan fingerprint density at radius 1 is 1.32 bits per heavy atom. The molecule has 1 unspecified atom stereocenters. The van der Waals surface area contributed by atoms with E-state index in [4.69, 9.17) is 4.74 Å². The number of rotatable bonds is 6. The van der Waals surface area contributed by atoms with Crippen molar-refractivity contribution in [2.45, 2.75) is 45.1 Å². The lowest BCUT2D eigenvalue weighted by molar-refractivity contribution is 0.0927. The number of hydrogen-bond acceptors (Lipinski definition) is 3. The lowest BCUT2D eigenvalue weighted by Gasteiger charge is -2.22. The molecule has 104 valence electrons. The molecule has 2 rings (SSSR count). The number of Topliss-reactive ketones (excluding diaryl/α,β-unsaturated/α-hetero) is 1. The molecule has 0 amide bonds. The number of ether oxygens (including phenoxy) is 1. The number of ketones is 1. The summed E-state index contributed by atoms with van der Waals surface area (Å²) >= 11 is 0. The minimum atomic E-state index is 0.000565. The highest BCUT2D eigenvalue weighted by atomic mass is 16.5. The average molecular weight is 261 g/mol. The maximum absolute atomic E-state index is 12.3. The molecular formula is C16H23NO2.